The van der Waals surface area contributed by atoms with E-state index in [0.29, 0.717) is 10.8 Å². The minimum atomic E-state index is -2.65. The van der Waals surface area contributed by atoms with E-state index < -0.39 is 12.3 Å². The number of nitrogens with zero attached hydrogens (tertiary/aromatic N) is 3. The average Bonchev–Trinajstić information content (AvgIpc) is 3.19. The van der Waals surface area contributed by atoms with E-state index in [1.165, 1.54) is 17.4 Å². The number of hydrogen-bond acceptors (Lipinski definition) is 4. The monoisotopic (exact) mass is 362 g/mol. The zero-order chi connectivity index (χ0) is 17.6. The number of fused-ring (bicyclic) bond motifs is 1. The van der Waals surface area contributed by atoms with Crippen molar-refractivity contribution in [1.82, 2.24) is 14.8 Å². The molecule has 1 amide bonds. The third kappa shape index (κ3) is 3.39. The highest BCUT2D eigenvalue weighted by Gasteiger charge is 2.29. The topological polar surface area (TPSA) is 59.8 Å². The zero-order valence-corrected chi connectivity index (χ0v) is 14.3. The summed E-state index contributed by atoms with van der Waals surface area (Å²) in [6.45, 7) is 1.74. The molecule has 0 aliphatic heterocycles. The lowest BCUT2D eigenvalue weighted by molar-refractivity contribution is -0.117. The SMILES string of the molecule is Cc1ccc2nc(NC(=O)Cn3nc(C4CC4)cc3C(F)F)sc2c1. The van der Waals surface area contributed by atoms with E-state index in [1.807, 2.05) is 25.1 Å². The van der Waals surface area contributed by atoms with Crippen molar-refractivity contribution in [2.75, 3.05) is 5.32 Å². The molecule has 3 aromatic rings. The number of alkyl halides is 2. The maximum Gasteiger partial charge on any atom is 0.280 e. The summed E-state index contributed by atoms with van der Waals surface area (Å²) in [4.78, 5) is 16.6. The molecule has 2 heterocycles. The van der Waals surface area contributed by atoms with E-state index >= 15 is 0 Å². The quantitative estimate of drug-likeness (QED) is 0.738. The molecule has 0 unspecified atom stereocenters. The van der Waals surface area contributed by atoms with Gasteiger partial charge >= 0.3 is 0 Å². The zero-order valence-electron chi connectivity index (χ0n) is 13.5. The van der Waals surface area contributed by atoms with Gasteiger partial charge in [0, 0.05) is 5.92 Å². The van der Waals surface area contributed by atoms with Crippen molar-refractivity contribution in [3.05, 3.63) is 41.2 Å². The summed E-state index contributed by atoms with van der Waals surface area (Å²) in [6, 6.07) is 7.25. The van der Waals surface area contributed by atoms with Gasteiger partial charge in [0.2, 0.25) is 5.91 Å². The molecule has 1 saturated carbocycles. The molecular weight excluding hydrogens is 346 g/mol. The highest BCUT2D eigenvalue weighted by atomic mass is 32.1. The van der Waals surface area contributed by atoms with Gasteiger partial charge in [-0.25, -0.2) is 13.8 Å². The summed E-state index contributed by atoms with van der Waals surface area (Å²) in [6.07, 6.45) is -0.716. The molecule has 1 aliphatic carbocycles. The maximum atomic E-state index is 13.2. The van der Waals surface area contributed by atoms with Gasteiger partial charge < -0.3 is 5.32 Å². The van der Waals surface area contributed by atoms with Crippen LogP contribution in [0.5, 0.6) is 0 Å². The molecule has 8 heteroatoms. The van der Waals surface area contributed by atoms with Crippen LogP contribution in [0.25, 0.3) is 10.2 Å². The Balaban J connectivity index is 1.51. The second kappa shape index (κ2) is 6.18. The minimum Gasteiger partial charge on any atom is -0.300 e. The van der Waals surface area contributed by atoms with Crippen LogP contribution in [0.1, 0.15) is 42.1 Å². The number of aryl methyl sites for hydroxylation is 1. The third-order valence-electron chi connectivity index (χ3n) is 4.13. The summed E-state index contributed by atoms with van der Waals surface area (Å²) >= 11 is 1.36. The molecule has 0 spiro atoms. The summed E-state index contributed by atoms with van der Waals surface area (Å²) in [5, 5.41) is 7.33. The lowest BCUT2D eigenvalue weighted by Crippen LogP contribution is -2.21. The highest BCUT2D eigenvalue weighted by molar-refractivity contribution is 7.22. The van der Waals surface area contributed by atoms with Gasteiger partial charge in [-0.15, -0.1) is 0 Å². The fourth-order valence-corrected chi connectivity index (χ4v) is 3.69. The van der Waals surface area contributed by atoms with Gasteiger partial charge in [-0.05, 0) is 43.5 Å². The highest BCUT2D eigenvalue weighted by Crippen LogP contribution is 2.40. The lowest BCUT2D eigenvalue weighted by Gasteiger charge is -2.06. The van der Waals surface area contributed by atoms with Crippen LogP contribution in [0.15, 0.2) is 24.3 Å². The van der Waals surface area contributed by atoms with Gasteiger partial charge in [0.25, 0.3) is 6.43 Å². The second-order valence-corrected chi connectivity index (χ2v) is 7.30. The number of anilines is 1. The molecule has 25 heavy (non-hydrogen) atoms. The Hall–Kier alpha value is -2.35. The van der Waals surface area contributed by atoms with E-state index in [4.69, 9.17) is 0 Å². The first-order valence-electron chi connectivity index (χ1n) is 8.02. The number of amides is 1. The fraction of sp³-hybridized carbons (Fsp3) is 0.353. The molecule has 5 nitrogen and oxygen atoms in total. The number of aromatic nitrogens is 3. The number of benzene rings is 1. The van der Waals surface area contributed by atoms with Gasteiger partial charge in [-0.1, -0.05) is 17.4 Å². The number of halogens is 2. The Morgan fingerprint density at radius 2 is 2.20 bits per heavy atom. The molecule has 1 aliphatic rings. The normalized spacial score (nSPS) is 14.4. The van der Waals surface area contributed by atoms with Crippen molar-refractivity contribution in [2.24, 2.45) is 0 Å². The van der Waals surface area contributed by atoms with Crippen LogP contribution < -0.4 is 5.32 Å². The minimum absolute atomic E-state index is 0.211. The van der Waals surface area contributed by atoms with Gasteiger partial charge in [-0.2, -0.15) is 5.10 Å². The van der Waals surface area contributed by atoms with Crippen molar-refractivity contribution in [2.45, 2.75) is 38.7 Å². The van der Waals surface area contributed by atoms with Crippen molar-refractivity contribution < 1.29 is 13.6 Å². The first kappa shape index (κ1) is 16.1. The molecular formula is C17H16F2N4OS. The molecule has 0 saturated heterocycles. The largest absolute Gasteiger partial charge is 0.300 e. The predicted octanol–water partition coefficient (Wildman–Crippen LogP) is 4.25. The number of nitrogens with one attached hydrogen (secondary N) is 1. The number of carbonyl (C=O) groups excluding carboxylic acids is 1. The van der Waals surface area contributed by atoms with Crippen LogP contribution in [-0.4, -0.2) is 20.7 Å². The number of carbonyl (C=O) groups is 1. The third-order valence-corrected chi connectivity index (χ3v) is 5.07. The van der Waals surface area contributed by atoms with Crippen molar-refractivity contribution in [3.63, 3.8) is 0 Å². The fourth-order valence-electron chi connectivity index (χ4n) is 2.71. The molecule has 1 aromatic carbocycles. The standard InChI is InChI=1S/C17H16F2N4OS/c1-9-2-5-11-14(6-9)25-17(20-11)21-15(24)8-23-13(16(18)19)7-12(22-23)10-3-4-10/h2,5-7,10,16H,3-4,8H2,1H3,(H,20,21,24). The van der Waals surface area contributed by atoms with Crippen LogP contribution in [0.3, 0.4) is 0 Å². The first-order valence-corrected chi connectivity index (χ1v) is 8.84. The van der Waals surface area contributed by atoms with Crippen LogP contribution in [0.2, 0.25) is 0 Å². The van der Waals surface area contributed by atoms with Crippen LogP contribution >= 0.6 is 11.3 Å². The maximum absolute atomic E-state index is 13.2. The van der Waals surface area contributed by atoms with Gasteiger partial charge in [-0.3, -0.25) is 9.48 Å². The van der Waals surface area contributed by atoms with Gasteiger partial charge in [0.15, 0.2) is 5.13 Å². The second-order valence-electron chi connectivity index (χ2n) is 6.27. The smallest absolute Gasteiger partial charge is 0.280 e. The lowest BCUT2D eigenvalue weighted by atomic mass is 10.2. The van der Waals surface area contributed by atoms with E-state index in [9.17, 15) is 13.6 Å². The number of hydrogen-bond donors (Lipinski definition) is 1. The molecule has 2 aromatic heterocycles. The van der Waals surface area contributed by atoms with Crippen molar-refractivity contribution in [3.8, 4) is 0 Å². The molecule has 1 fully saturated rings. The van der Waals surface area contributed by atoms with Crippen molar-refractivity contribution in [1.29, 1.82) is 0 Å². The van der Waals surface area contributed by atoms with Gasteiger partial charge in [0.1, 0.15) is 12.2 Å². The summed E-state index contributed by atoms with van der Waals surface area (Å²) < 4.78 is 28.4. The van der Waals surface area contributed by atoms with Crippen LogP contribution in [0.4, 0.5) is 13.9 Å². The molecule has 0 bridgehead atoms. The van der Waals surface area contributed by atoms with Crippen molar-refractivity contribution >= 4 is 32.6 Å². The van der Waals surface area contributed by atoms with E-state index in [1.54, 1.807) is 0 Å². The van der Waals surface area contributed by atoms with Crippen LogP contribution in [0, 0.1) is 6.92 Å². The van der Waals surface area contributed by atoms with E-state index in [2.05, 4.69) is 15.4 Å². The average molecular weight is 362 g/mol. The first-order chi connectivity index (χ1) is 12.0. The number of thiazole rings is 1. The molecule has 1 N–H and O–H groups in total. The Kier molecular flexibility index (Phi) is 3.99. The summed E-state index contributed by atoms with van der Waals surface area (Å²) in [5.41, 5.74) is 2.35. The van der Waals surface area contributed by atoms with Crippen LogP contribution in [-0.2, 0) is 11.3 Å². The van der Waals surface area contributed by atoms with E-state index in [-0.39, 0.29) is 18.2 Å². The molecule has 0 atom stereocenters. The summed E-state index contributed by atoms with van der Waals surface area (Å²) in [5.74, 6) is -0.155. The predicted molar refractivity (Wildman–Crippen MR) is 92.1 cm³/mol. The Labute approximate surface area is 146 Å². The Morgan fingerprint density at radius 3 is 2.92 bits per heavy atom. The molecule has 130 valence electrons. The van der Waals surface area contributed by atoms with E-state index in [0.717, 1.165) is 33.3 Å². The molecule has 0 radical (unpaired) electrons. The Morgan fingerprint density at radius 1 is 1.40 bits per heavy atom. The Bertz CT molecular complexity index is 945. The van der Waals surface area contributed by atoms with Gasteiger partial charge in [0.05, 0.1) is 15.9 Å². The summed E-state index contributed by atoms with van der Waals surface area (Å²) in [7, 11) is 0. The molecule has 4 rings (SSSR count). The number of rotatable bonds is 5.